The van der Waals surface area contributed by atoms with Crippen molar-refractivity contribution in [2.75, 3.05) is 6.61 Å². The van der Waals surface area contributed by atoms with Gasteiger partial charge in [0.15, 0.2) is 0 Å². The van der Waals surface area contributed by atoms with Crippen LogP contribution in [0, 0.1) is 5.82 Å². The number of hydrogen-bond acceptors (Lipinski definition) is 3. The Kier molecular flexibility index (Phi) is 3.68. The predicted molar refractivity (Wildman–Crippen MR) is 76.8 cm³/mol. The van der Waals surface area contributed by atoms with Crippen LogP contribution in [0.4, 0.5) is 4.39 Å². The van der Waals surface area contributed by atoms with E-state index < -0.39 is 0 Å². The molecule has 0 atom stereocenters. The van der Waals surface area contributed by atoms with Crippen LogP contribution in [0.5, 0.6) is 0 Å². The van der Waals surface area contributed by atoms with Crippen molar-refractivity contribution in [3.8, 4) is 0 Å². The average Bonchev–Trinajstić information content (AvgIpc) is 2.94. The van der Waals surface area contributed by atoms with Crippen molar-refractivity contribution in [3.63, 3.8) is 0 Å². The molecule has 2 N–H and O–H groups in total. The number of nitrogens with zero attached hydrogens (tertiary/aromatic N) is 1. The van der Waals surface area contributed by atoms with E-state index in [1.54, 1.807) is 6.20 Å². The quantitative estimate of drug-likeness (QED) is 0.901. The van der Waals surface area contributed by atoms with Gasteiger partial charge in [-0.3, -0.25) is 4.98 Å². The maximum Gasteiger partial charge on any atom is 0.124 e. The molecule has 3 nitrogen and oxygen atoms in total. The van der Waals surface area contributed by atoms with Crippen LogP contribution in [0.1, 0.15) is 31.2 Å². The third kappa shape index (κ3) is 2.53. The topological polar surface area (TPSA) is 45.1 Å². The van der Waals surface area contributed by atoms with Crippen LogP contribution in [0.15, 0.2) is 30.5 Å². The second kappa shape index (κ2) is 5.46. The van der Waals surface area contributed by atoms with Crippen LogP contribution in [0.2, 0.25) is 0 Å². The lowest BCUT2D eigenvalue weighted by atomic mass is 9.98. The van der Waals surface area contributed by atoms with E-state index >= 15 is 0 Å². The fourth-order valence-corrected chi connectivity index (χ4v) is 3.09. The summed E-state index contributed by atoms with van der Waals surface area (Å²) >= 11 is 0. The van der Waals surface area contributed by atoms with Crippen molar-refractivity contribution in [1.29, 1.82) is 0 Å². The molecule has 20 heavy (non-hydrogen) atoms. The van der Waals surface area contributed by atoms with Crippen molar-refractivity contribution in [2.24, 2.45) is 0 Å². The number of nitrogens with one attached hydrogen (secondary N) is 1. The highest BCUT2D eigenvalue weighted by atomic mass is 19.1. The summed E-state index contributed by atoms with van der Waals surface area (Å²) in [5.74, 6) is -0.244. The van der Waals surface area contributed by atoms with Crippen LogP contribution in [0.25, 0.3) is 10.9 Å². The molecule has 2 aromatic rings. The van der Waals surface area contributed by atoms with E-state index in [-0.39, 0.29) is 18.0 Å². The summed E-state index contributed by atoms with van der Waals surface area (Å²) in [6, 6.07) is 6.71. The average molecular weight is 274 g/mol. The van der Waals surface area contributed by atoms with Crippen LogP contribution >= 0.6 is 0 Å². The number of aliphatic hydroxyl groups excluding tert-OH is 1. The highest BCUT2D eigenvalue weighted by Gasteiger charge is 2.32. The number of aliphatic hydroxyl groups is 1. The van der Waals surface area contributed by atoms with Crippen LogP contribution < -0.4 is 5.32 Å². The molecule has 0 spiro atoms. The lowest BCUT2D eigenvalue weighted by molar-refractivity contribution is 0.163. The van der Waals surface area contributed by atoms with Gasteiger partial charge in [-0.1, -0.05) is 18.9 Å². The number of rotatable bonds is 4. The first-order chi connectivity index (χ1) is 9.72. The zero-order chi connectivity index (χ0) is 14.0. The second-order valence-electron chi connectivity index (χ2n) is 5.64. The van der Waals surface area contributed by atoms with Gasteiger partial charge in [0.2, 0.25) is 0 Å². The molecule has 1 saturated carbocycles. The molecule has 1 aromatic heterocycles. The van der Waals surface area contributed by atoms with E-state index in [2.05, 4.69) is 10.3 Å². The van der Waals surface area contributed by atoms with Gasteiger partial charge in [0.05, 0.1) is 12.1 Å². The number of fused-ring (bicyclic) bond motifs is 1. The smallest absolute Gasteiger partial charge is 0.124 e. The Morgan fingerprint density at radius 2 is 2.10 bits per heavy atom. The van der Waals surface area contributed by atoms with Gasteiger partial charge in [0, 0.05) is 23.7 Å². The summed E-state index contributed by atoms with van der Waals surface area (Å²) in [6.07, 6.45) is 5.95. The van der Waals surface area contributed by atoms with Crippen molar-refractivity contribution in [2.45, 2.75) is 37.8 Å². The molecule has 1 aromatic carbocycles. The highest BCUT2D eigenvalue weighted by molar-refractivity contribution is 5.81. The number of hydrogen-bond donors (Lipinski definition) is 2. The molecule has 0 radical (unpaired) electrons. The van der Waals surface area contributed by atoms with Crippen LogP contribution in [0.3, 0.4) is 0 Å². The number of halogens is 1. The fourth-order valence-electron chi connectivity index (χ4n) is 3.09. The molecule has 4 heteroatoms. The van der Waals surface area contributed by atoms with Crippen LogP contribution in [-0.2, 0) is 6.54 Å². The van der Waals surface area contributed by atoms with Gasteiger partial charge >= 0.3 is 0 Å². The Hall–Kier alpha value is -1.52. The Bertz CT molecular complexity index is 608. The third-order valence-electron chi connectivity index (χ3n) is 4.27. The lowest BCUT2D eigenvalue weighted by Crippen LogP contribution is -2.45. The fraction of sp³-hybridized carbons (Fsp3) is 0.438. The van der Waals surface area contributed by atoms with Crippen molar-refractivity contribution in [1.82, 2.24) is 10.3 Å². The molecule has 1 fully saturated rings. The highest BCUT2D eigenvalue weighted by Crippen LogP contribution is 2.30. The lowest BCUT2D eigenvalue weighted by Gasteiger charge is -2.28. The van der Waals surface area contributed by atoms with Gasteiger partial charge in [0.1, 0.15) is 5.82 Å². The molecule has 1 aliphatic rings. The summed E-state index contributed by atoms with van der Waals surface area (Å²) in [5, 5.41) is 13.8. The summed E-state index contributed by atoms with van der Waals surface area (Å²) in [6.45, 7) is 0.666. The van der Waals surface area contributed by atoms with E-state index in [1.807, 2.05) is 12.1 Å². The van der Waals surface area contributed by atoms with E-state index in [4.69, 9.17) is 0 Å². The normalized spacial score (nSPS) is 17.7. The molecule has 3 rings (SSSR count). The number of benzene rings is 1. The Labute approximate surface area is 117 Å². The van der Waals surface area contributed by atoms with Crippen molar-refractivity contribution in [3.05, 3.63) is 41.8 Å². The van der Waals surface area contributed by atoms with E-state index in [0.717, 1.165) is 42.1 Å². The first-order valence-corrected chi connectivity index (χ1v) is 7.11. The van der Waals surface area contributed by atoms with E-state index in [0.29, 0.717) is 6.54 Å². The van der Waals surface area contributed by atoms with Gasteiger partial charge in [-0.25, -0.2) is 4.39 Å². The minimum Gasteiger partial charge on any atom is -0.394 e. The van der Waals surface area contributed by atoms with E-state index in [1.165, 1.54) is 12.1 Å². The van der Waals surface area contributed by atoms with Crippen LogP contribution in [-0.4, -0.2) is 22.2 Å². The van der Waals surface area contributed by atoms with Gasteiger partial charge in [-0.2, -0.15) is 0 Å². The first kappa shape index (κ1) is 13.5. The maximum absolute atomic E-state index is 13.7. The second-order valence-corrected chi connectivity index (χ2v) is 5.64. The molecular formula is C16H19FN2O. The minimum atomic E-state index is -0.244. The SMILES string of the molecule is OCC1(NCc2cc(F)cc3cccnc23)CCCC1. The summed E-state index contributed by atoms with van der Waals surface area (Å²) in [7, 11) is 0. The molecule has 0 amide bonds. The van der Waals surface area contributed by atoms with E-state index in [9.17, 15) is 9.50 Å². The molecule has 0 bridgehead atoms. The molecule has 0 aliphatic heterocycles. The molecular weight excluding hydrogens is 255 g/mol. The zero-order valence-corrected chi connectivity index (χ0v) is 11.4. The summed E-state index contributed by atoms with van der Waals surface area (Å²) in [4.78, 5) is 4.35. The molecule has 0 unspecified atom stereocenters. The zero-order valence-electron chi connectivity index (χ0n) is 11.4. The summed E-state index contributed by atoms with van der Waals surface area (Å²) < 4.78 is 13.7. The predicted octanol–water partition coefficient (Wildman–Crippen LogP) is 2.77. The van der Waals surface area contributed by atoms with Crippen molar-refractivity contribution >= 4 is 10.9 Å². The first-order valence-electron chi connectivity index (χ1n) is 7.11. The third-order valence-corrected chi connectivity index (χ3v) is 4.27. The van der Waals surface area contributed by atoms with Gasteiger partial charge in [-0.05, 0) is 36.6 Å². The largest absolute Gasteiger partial charge is 0.394 e. The van der Waals surface area contributed by atoms with Gasteiger partial charge in [0.25, 0.3) is 0 Å². The Morgan fingerprint density at radius 3 is 2.85 bits per heavy atom. The summed E-state index contributed by atoms with van der Waals surface area (Å²) in [5.41, 5.74) is 1.47. The monoisotopic (exact) mass is 274 g/mol. The van der Waals surface area contributed by atoms with Gasteiger partial charge in [-0.15, -0.1) is 0 Å². The van der Waals surface area contributed by atoms with Crippen molar-refractivity contribution < 1.29 is 9.50 Å². The molecule has 106 valence electrons. The number of pyridine rings is 1. The molecule has 1 heterocycles. The number of aromatic nitrogens is 1. The Balaban J connectivity index is 1.87. The Morgan fingerprint density at radius 1 is 1.30 bits per heavy atom. The van der Waals surface area contributed by atoms with Gasteiger partial charge < -0.3 is 10.4 Å². The minimum absolute atomic E-state index is 0.133. The standard InChI is InChI=1S/C16H19FN2O/c17-14-8-12-4-3-7-18-15(12)13(9-14)10-19-16(11-20)5-1-2-6-16/h3-4,7-9,19-20H,1-2,5-6,10-11H2. The maximum atomic E-state index is 13.7. The molecule has 1 aliphatic carbocycles. The molecule has 0 saturated heterocycles.